The Bertz CT molecular complexity index is 472. The molecule has 1 aliphatic heterocycles. The fourth-order valence-electron chi connectivity index (χ4n) is 2.46. The van der Waals surface area contributed by atoms with E-state index in [4.69, 9.17) is 9.47 Å². The van der Waals surface area contributed by atoms with Crippen LogP contribution in [0.15, 0.2) is 24.3 Å². The van der Waals surface area contributed by atoms with Crippen LogP contribution in [0.25, 0.3) is 0 Å². The number of hydrogen-bond donors (Lipinski definition) is 4. The summed E-state index contributed by atoms with van der Waals surface area (Å²) >= 11 is 0. The van der Waals surface area contributed by atoms with Gasteiger partial charge in [-0.05, 0) is 33.6 Å². The van der Waals surface area contributed by atoms with Crippen LogP contribution in [0.1, 0.15) is 33.6 Å². The number of hydrogen-bond acceptors (Lipinski definition) is 7. The van der Waals surface area contributed by atoms with Gasteiger partial charge in [0.2, 0.25) is 0 Å². The molecule has 0 bridgehead atoms. The predicted molar refractivity (Wildman–Crippen MR) is 87.1 cm³/mol. The van der Waals surface area contributed by atoms with Gasteiger partial charge in [-0.2, -0.15) is 0 Å². The lowest BCUT2D eigenvalue weighted by molar-refractivity contribution is -0.223. The molecule has 0 aromatic rings. The van der Waals surface area contributed by atoms with Crippen molar-refractivity contribution in [2.24, 2.45) is 0 Å². The van der Waals surface area contributed by atoms with Crippen LogP contribution in [0.5, 0.6) is 0 Å². The molecule has 7 nitrogen and oxygen atoms in total. The Kier molecular flexibility index (Phi) is 7.56. The van der Waals surface area contributed by atoms with Crippen LogP contribution >= 0.6 is 0 Å². The molecule has 0 saturated carbocycles. The molecule has 0 aromatic heterocycles. The Hall–Kier alpha value is -1.25. The topological polar surface area (TPSA) is 116 Å². The van der Waals surface area contributed by atoms with E-state index in [1.165, 1.54) is 12.2 Å². The van der Waals surface area contributed by atoms with Crippen LogP contribution in [-0.2, 0) is 14.3 Å². The van der Waals surface area contributed by atoms with Crippen LogP contribution in [0.3, 0.4) is 0 Å². The second-order valence-corrected chi connectivity index (χ2v) is 6.38. The first kappa shape index (κ1) is 20.8. The molecule has 0 amide bonds. The van der Waals surface area contributed by atoms with Crippen molar-refractivity contribution < 1.29 is 34.7 Å². The fourth-order valence-corrected chi connectivity index (χ4v) is 2.46. The van der Waals surface area contributed by atoms with Crippen LogP contribution in [0.4, 0.5) is 0 Å². The molecule has 1 heterocycles. The molecule has 1 rings (SSSR count). The molecular weight excluding hydrogens is 316 g/mol. The maximum absolute atomic E-state index is 12.2. The van der Waals surface area contributed by atoms with E-state index < -0.39 is 48.7 Å². The van der Waals surface area contributed by atoms with Crippen molar-refractivity contribution in [1.29, 1.82) is 0 Å². The first-order valence-corrected chi connectivity index (χ1v) is 8.01. The van der Waals surface area contributed by atoms with Crippen molar-refractivity contribution in [2.45, 2.75) is 69.7 Å². The van der Waals surface area contributed by atoms with Gasteiger partial charge in [0.1, 0.15) is 12.2 Å². The van der Waals surface area contributed by atoms with E-state index in [2.05, 4.69) is 6.58 Å². The second kappa shape index (κ2) is 8.73. The molecule has 1 saturated heterocycles. The summed E-state index contributed by atoms with van der Waals surface area (Å²) in [6, 6.07) is 0. The van der Waals surface area contributed by atoms with Gasteiger partial charge in [-0.25, -0.2) is 4.79 Å². The predicted octanol–water partition coefficient (Wildman–Crippen LogP) is 0.0631. The van der Waals surface area contributed by atoms with E-state index in [0.29, 0.717) is 12.8 Å². The van der Waals surface area contributed by atoms with Crippen molar-refractivity contribution >= 4 is 5.97 Å². The first-order chi connectivity index (χ1) is 11.1. The summed E-state index contributed by atoms with van der Waals surface area (Å²) in [6.45, 7) is 7.82. The Morgan fingerprint density at radius 2 is 1.92 bits per heavy atom. The molecule has 138 valence electrons. The summed E-state index contributed by atoms with van der Waals surface area (Å²) in [5.41, 5.74) is -1.05. The quantitative estimate of drug-likeness (QED) is 0.293. The highest BCUT2D eigenvalue weighted by atomic mass is 16.6. The maximum atomic E-state index is 12.2. The van der Waals surface area contributed by atoms with Gasteiger partial charge in [0.05, 0.1) is 30.0 Å². The third-order valence-electron chi connectivity index (χ3n) is 4.22. The van der Waals surface area contributed by atoms with E-state index in [1.54, 1.807) is 20.8 Å². The standard InChI is InChI=1S/C17H28O7/c1-5-17(4,22)8-6-7-12(9-18)16(21)24-15-11(3)23-10(2)13(19)14(15)20/h5,7,10-11,13-15,18-20,22H,1,6,8-9H2,2-4H3. The summed E-state index contributed by atoms with van der Waals surface area (Å²) in [6.07, 6.45) is -1.09. The van der Waals surface area contributed by atoms with E-state index in [-0.39, 0.29) is 5.57 Å². The Balaban J connectivity index is 2.71. The van der Waals surface area contributed by atoms with Gasteiger partial charge >= 0.3 is 5.97 Å². The zero-order valence-electron chi connectivity index (χ0n) is 14.4. The Morgan fingerprint density at radius 1 is 1.29 bits per heavy atom. The minimum absolute atomic E-state index is 0.0161. The summed E-state index contributed by atoms with van der Waals surface area (Å²) in [5.74, 6) is -0.794. The number of allylic oxidation sites excluding steroid dienone is 1. The smallest absolute Gasteiger partial charge is 0.336 e. The van der Waals surface area contributed by atoms with Crippen LogP contribution in [0.2, 0.25) is 0 Å². The molecule has 1 fully saturated rings. The zero-order valence-corrected chi connectivity index (χ0v) is 14.4. The van der Waals surface area contributed by atoms with Gasteiger partial charge in [-0.1, -0.05) is 12.2 Å². The van der Waals surface area contributed by atoms with Gasteiger partial charge in [0.15, 0.2) is 6.10 Å². The highest BCUT2D eigenvalue weighted by Crippen LogP contribution is 2.24. The lowest BCUT2D eigenvalue weighted by atomic mass is 9.96. The Labute approximate surface area is 142 Å². The van der Waals surface area contributed by atoms with Crippen molar-refractivity contribution in [3.63, 3.8) is 0 Å². The van der Waals surface area contributed by atoms with E-state index in [1.807, 2.05) is 0 Å². The third-order valence-corrected chi connectivity index (χ3v) is 4.22. The number of aliphatic hydroxyl groups excluding tert-OH is 3. The zero-order chi connectivity index (χ0) is 18.5. The molecule has 1 aliphatic rings. The largest absolute Gasteiger partial charge is 0.453 e. The number of aliphatic hydroxyl groups is 4. The first-order valence-electron chi connectivity index (χ1n) is 8.01. The molecule has 4 N–H and O–H groups in total. The second-order valence-electron chi connectivity index (χ2n) is 6.38. The lowest BCUT2D eigenvalue weighted by Gasteiger charge is -2.39. The van der Waals surface area contributed by atoms with Gasteiger partial charge in [0, 0.05) is 0 Å². The van der Waals surface area contributed by atoms with Gasteiger partial charge < -0.3 is 29.9 Å². The number of esters is 1. The normalized spacial score (nSPS) is 33.6. The molecule has 0 radical (unpaired) electrons. The number of rotatable bonds is 7. The Morgan fingerprint density at radius 3 is 2.46 bits per heavy atom. The van der Waals surface area contributed by atoms with Crippen LogP contribution in [-0.4, -0.2) is 69.1 Å². The SMILES string of the molecule is C=CC(C)(O)CCC=C(CO)C(=O)OC1C(C)OC(C)C(O)C1O. The number of carbonyl (C=O) groups excluding carboxylic acids is 1. The minimum Gasteiger partial charge on any atom is -0.453 e. The summed E-state index contributed by atoms with van der Waals surface area (Å²) in [5, 5.41) is 39.1. The molecule has 0 aromatic carbocycles. The number of carbonyl (C=O) groups is 1. The van der Waals surface area contributed by atoms with Crippen molar-refractivity contribution in [2.75, 3.05) is 6.61 Å². The molecule has 6 atom stereocenters. The van der Waals surface area contributed by atoms with E-state index in [0.717, 1.165) is 0 Å². The summed E-state index contributed by atoms with van der Waals surface area (Å²) in [7, 11) is 0. The monoisotopic (exact) mass is 344 g/mol. The van der Waals surface area contributed by atoms with Crippen molar-refractivity contribution in [1.82, 2.24) is 0 Å². The summed E-state index contributed by atoms with van der Waals surface area (Å²) < 4.78 is 10.6. The average molecular weight is 344 g/mol. The fraction of sp³-hybridized carbons (Fsp3) is 0.706. The van der Waals surface area contributed by atoms with Gasteiger partial charge in [-0.15, -0.1) is 6.58 Å². The molecule has 6 unspecified atom stereocenters. The average Bonchev–Trinajstić information content (AvgIpc) is 2.53. The maximum Gasteiger partial charge on any atom is 0.336 e. The van der Waals surface area contributed by atoms with E-state index in [9.17, 15) is 25.2 Å². The van der Waals surface area contributed by atoms with Crippen LogP contribution < -0.4 is 0 Å². The highest BCUT2D eigenvalue weighted by Gasteiger charge is 2.43. The third kappa shape index (κ3) is 5.39. The number of ether oxygens (including phenoxy) is 2. The molecular formula is C17H28O7. The van der Waals surface area contributed by atoms with Crippen molar-refractivity contribution in [3.05, 3.63) is 24.3 Å². The minimum atomic E-state index is -1.27. The van der Waals surface area contributed by atoms with Gasteiger partial charge in [0.25, 0.3) is 0 Å². The van der Waals surface area contributed by atoms with Crippen molar-refractivity contribution in [3.8, 4) is 0 Å². The molecule has 0 spiro atoms. The van der Waals surface area contributed by atoms with Gasteiger partial charge in [-0.3, -0.25) is 0 Å². The van der Waals surface area contributed by atoms with Crippen LogP contribution in [0, 0.1) is 0 Å². The molecule has 0 aliphatic carbocycles. The molecule has 24 heavy (non-hydrogen) atoms. The lowest BCUT2D eigenvalue weighted by Crippen LogP contribution is -2.57. The molecule has 7 heteroatoms. The summed E-state index contributed by atoms with van der Waals surface area (Å²) in [4.78, 5) is 12.2. The highest BCUT2D eigenvalue weighted by molar-refractivity contribution is 5.88. The van der Waals surface area contributed by atoms with E-state index >= 15 is 0 Å².